The number of hydrogen-bond donors (Lipinski definition) is 0. The van der Waals surface area contributed by atoms with Gasteiger partial charge in [-0.1, -0.05) is 0 Å². The van der Waals surface area contributed by atoms with Crippen LogP contribution in [0.2, 0.25) is 0 Å². The molecule has 0 aromatic rings. The summed E-state index contributed by atoms with van der Waals surface area (Å²) < 4.78 is 10.2. The van der Waals surface area contributed by atoms with Crippen molar-refractivity contribution in [1.82, 2.24) is 0 Å². The van der Waals surface area contributed by atoms with Crippen molar-refractivity contribution in [2.24, 2.45) is 0 Å². The lowest BCUT2D eigenvalue weighted by molar-refractivity contribution is -0.117. The molecule has 0 bridgehead atoms. The maximum Gasteiger partial charge on any atom is 0.186 e. The van der Waals surface area contributed by atoms with Gasteiger partial charge in [-0.25, -0.2) is 9.59 Å². The molecule has 0 saturated heterocycles. The van der Waals surface area contributed by atoms with E-state index in [2.05, 4.69) is 0 Å². The maximum absolute atomic E-state index is 10.8. The Hall–Kier alpha value is -2.16. The quantitative estimate of drug-likeness (QED) is 0.321. The maximum atomic E-state index is 10.8. The fourth-order valence-corrected chi connectivity index (χ4v) is 1.28. The number of ketones is 2. The van der Waals surface area contributed by atoms with Crippen LogP contribution in [0, 0.1) is 0 Å². The lowest BCUT2D eigenvalue weighted by Crippen LogP contribution is -2.04. The number of ether oxygens (including phenoxy) is 2. The summed E-state index contributed by atoms with van der Waals surface area (Å²) in [6.45, 7) is 3.23. The summed E-state index contributed by atoms with van der Waals surface area (Å²) in [5.74, 6) is 2.78. The van der Waals surface area contributed by atoms with Gasteiger partial charge in [0.25, 0.3) is 0 Å². The Morgan fingerprint density at radius 1 is 0.800 bits per heavy atom. The van der Waals surface area contributed by atoms with E-state index in [1.54, 1.807) is 11.9 Å². The van der Waals surface area contributed by atoms with Crippen LogP contribution >= 0.6 is 0 Å². The van der Waals surface area contributed by atoms with E-state index in [0.717, 1.165) is 0 Å². The van der Waals surface area contributed by atoms with Gasteiger partial charge in [0.2, 0.25) is 0 Å². The summed E-state index contributed by atoms with van der Waals surface area (Å²) in [5, 5.41) is 0. The van der Waals surface area contributed by atoms with Gasteiger partial charge in [-0.15, -0.1) is 0 Å². The molecule has 0 aliphatic heterocycles. The third-order valence-electron chi connectivity index (χ3n) is 2.14. The molecule has 110 valence electrons. The lowest BCUT2D eigenvalue weighted by Gasteiger charge is -2.07. The highest BCUT2D eigenvalue weighted by molar-refractivity contribution is 5.80. The number of allylic oxidation sites excluding steroid dienone is 2. The van der Waals surface area contributed by atoms with Crippen LogP contribution in [-0.2, 0) is 28.7 Å². The monoisotopic (exact) mass is 282 g/mol. The summed E-state index contributed by atoms with van der Waals surface area (Å²) in [4.78, 5) is 42.5. The van der Waals surface area contributed by atoms with Gasteiger partial charge in [-0.3, -0.25) is 9.59 Å². The molecule has 0 fully saturated rings. The van der Waals surface area contributed by atoms with Gasteiger partial charge >= 0.3 is 0 Å². The van der Waals surface area contributed by atoms with E-state index in [9.17, 15) is 19.2 Å². The van der Waals surface area contributed by atoms with Crippen LogP contribution in [0.3, 0.4) is 0 Å². The first-order chi connectivity index (χ1) is 9.49. The second-order valence-electron chi connectivity index (χ2n) is 4.21. The largest absolute Gasteiger partial charge is 0.486 e. The molecule has 0 amide bonds. The third-order valence-corrected chi connectivity index (χ3v) is 2.14. The highest BCUT2D eigenvalue weighted by atomic mass is 16.5. The molecule has 0 N–H and O–H groups in total. The van der Waals surface area contributed by atoms with Gasteiger partial charge in [0.1, 0.15) is 11.6 Å². The Morgan fingerprint density at radius 2 is 1.15 bits per heavy atom. The molecular formula is C14H18O6. The highest BCUT2D eigenvalue weighted by Crippen LogP contribution is 2.04. The molecule has 0 aliphatic carbocycles. The lowest BCUT2D eigenvalue weighted by atomic mass is 10.3. The van der Waals surface area contributed by atoms with Gasteiger partial charge in [0, 0.05) is 0 Å². The van der Waals surface area contributed by atoms with E-state index in [1.165, 1.54) is 13.8 Å². The highest BCUT2D eigenvalue weighted by Gasteiger charge is 2.05. The zero-order valence-corrected chi connectivity index (χ0v) is 11.7. The zero-order valence-electron chi connectivity index (χ0n) is 11.7. The second kappa shape index (κ2) is 10.7. The van der Waals surface area contributed by atoms with Crippen molar-refractivity contribution in [3.8, 4) is 0 Å². The summed E-state index contributed by atoms with van der Waals surface area (Å²) in [5.41, 5.74) is 0. The van der Waals surface area contributed by atoms with Crippen LogP contribution in [0.5, 0.6) is 0 Å². The van der Waals surface area contributed by atoms with E-state index in [0.29, 0.717) is 12.8 Å². The minimum absolute atomic E-state index is 0.0107. The van der Waals surface area contributed by atoms with E-state index in [1.807, 2.05) is 0 Å². The summed E-state index contributed by atoms with van der Waals surface area (Å²) in [6, 6.07) is 0. The number of Topliss-reactive ketones (excluding diaryl/α,β-unsaturated/α-hetero) is 2. The number of hydrogen-bond acceptors (Lipinski definition) is 6. The first-order valence-corrected chi connectivity index (χ1v) is 6.22. The molecule has 0 aromatic heterocycles. The normalized spacial score (nSPS) is 9.10. The third kappa shape index (κ3) is 9.83. The minimum Gasteiger partial charge on any atom is -0.486 e. The Kier molecular flexibility index (Phi) is 9.57. The van der Waals surface area contributed by atoms with E-state index in [-0.39, 0.29) is 49.1 Å². The van der Waals surface area contributed by atoms with Crippen molar-refractivity contribution in [2.75, 3.05) is 13.2 Å². The summed E-state index contributed by atoms with van der Waals surface area (Å²) in [7, 11) is 0. The number of rotatable bonds is 11. The fraction of sp³-hybridized carbons (Fsp3) is 0.571. The molecule has 0 aliphatic rings. The van der Waals surface area contributed by atoms with Crippen molar-refractivity contribution in [3.05, 3.63) is 11.5 Å². The molecule has 0 radical (unpaired) electrons. The molecule has 0 heterocycles. The first kappa shape index (κ1) is 17.8. The van der Waals surface area contributed by atoms with E-state index >= 15 is 0 Å². The van der Waals surface area contributed by atoms with Crippen LogP contribution in [-0.4, -0.2) is 36.7 Å². The second-order valence-corrected chi connectivity index (χ2v) is 4.21. The zero-order chi connectivity index (χ0) is 15.4. The minimum atomic E-state index is -0.170. The topological polar surface area (TPSA) is 86.7 Å². The molecular weight excluding hydrogens is 264 g/mol. The van der Waals surface area contributed by atoms with Crippen LogP contribution in [0.15, 0.2) is 11.5 Å². The molecule has 0 unspecified atom stereocenters. The van der Waals surface area contributed by atoms with Crippen molar-refractivity contribution in [3.63, 3.8) is 0 Å². The SMILES string of the molecule is CC(=O)CC(=C=O)OCCCCOC(=C=O)CC(C)=O. The van der Waals surface area contributed by atoms with Crippen LogP contribution in [0.1, 0.15) is 39.5 Å². The fourth-order valence-electron chi connectivity index (χ4n) is 1.28. The van der Waals surface area contributed by atoms with E-state index < -0.39 is 0 Å². The van der Waals surface area contributed by atoms with Gasteiger partial charge in [-0.2, -0.15) is 0 Å². The summed E-state index contributed by atoms with van der Waals surface area (Å²) in [6.07, 6.45) is 1.04. The smallest absolute Gasteiger partial charge is 0.186 e. The molecule has 6 nitrogen and oxygen atoms in total. The average Bonchev–Trinajstić information content (AvgIpc) is 2.38. The Bertz CT molecular complexity index is 397. The van der Waals surface area contributed by atoms with Gasteiger partial charge in [0.15, 0.2) is 23.4 Å². The molecule has 0 atom stereocenters. The molecule has 6 heteroatoms. The number of carbonyl (C=O) groups is 2. The van der Waals surface area contributed by atoms with Crippen molar-refractivity contribution >= 4 is 23.4 Å². The van der Waals surface area contributed by atoms with Gasteiger partial charge < -0.3 is 9.47 Å². The Labute approximate surface area is 117 Å². The van der Waals surface area contributed by atoms with Crippen LogP contribution in [0.25, 0.3) is 0 Å². The van der Waals surface area contributed by atoms with Crippen LogP contribution < -0.4 is 0 Å². The average molecular weight is 282 g/mol. The molecule has 0 rings (SSSR count). The predicted octanol–water partition coefficient (Wildman–Crippen LogP) is 1.19. The molecule has 0 spiro atoms. The number of carbonyl (C=O) groups excluding carboxylic acids is 4. The Balaban J connectivity index is 3.77. The summed E-state index contributed by atoms with van der Waals surface area (Å²) >= 11 is 0. The van der Waals surface area contributed by atoms with Gasteiger partial charge in [-0.05, 0) is 26.7 Å². The van der Waals surface area contributed by atoms with Crippen LogP contribution in [0.4, 0.5) is 0 Å². The van der Waals surface area contributed by atoms with Gasteiger partial charge in [0.05, 0.1) is 26.1 Å². The van der Waals surface area contributed by atoms with Crippen molar-refractivity contribution in [1.29, 1.82) is 0 Å². The predicted molar refractivity (Wildman–Crippen MR) is 70.1 cm³/mol. The first-order valence-electron chi connectivity index (χ1n) is 6.22. The molecule has 0 saturated carbocycles. The van der Waals surface area contributed by atoms with E-state index in [4.69, 9.17) is 9.47 Å². The number of unbranched alkanes of at least 4 members (excludes halogenated alkanes) is 1. The molecule has 0 aromatic carbocycles. The standard InChI is InChI=1S/C14H18O6/c1-11(17)7-13(9-15)19-5-3-4-6-20-14(10-16)8-12(2)18/h3-8H2,1-2H3. The Morgan fingerprint density at radius 3 is 1.40 bits per heavy atom. The van der Waals surface area contributed by atoms with Crippen molar-refractivity contribution in [2.45, 2.75) is 39.5 Å². The van der Waals surface area contributed by atoms with Crippen molar-refractivity contribution < 1.29 is 28.7 Å². The molecule has 20 heavy (non-hydrogen) atoms.